The maximum absolute atomic E-state index is 9.37. The summed E-state index contributed by atoms with van der Waals surface area (Å²) in [4.78, 5) is 0. The molecule has 0 aliphatic heterocycles. The molecular formula is C7H8ClNO2. The van der Waals surface area contributed by atoms with Crippen molar-refractivity contribution in [1.82, 2.24) is 0 Å². The Bertz CT molecular complexity index is 258. The van der Waals surface area contributed by atoms with Gasteiger partial charge in [-0.2, -0.15) is 0 Å². The summed E-state index contributed by atoms with van der Waals surface area (Å²) >= 11 is 5.58. The fourth-order valence-corrected chi connectivity index (χ4v) is 1.61. The summed E-state index contributed by atoms with van der Waals surface area (Å²) in [5.74, 6) is 0.627. The topological polar surface area (TPSA) is 59.4 Å². The van der Waals surface area contributed by atoms with E-state index in [0.717, 1.165) is 5.56 Å². The second-order valence-corrected chi connectivity index (χ2v) is 3.10. The van der Waals surface area contributed by atoms with Gasteiger partial charge in [0, 0.05) is 11.6 Å². The molecule has 3 nitrogen and oxygen atoms in total. The predicted molar refractivity (Wildman–Crippen MR) is 40.2 cm³/mol. The minimum absolute atomic E-state index is 0.201. The van der Waals surface area contributed by atoms with Crippen LogP contribution in [0.3, 0.4) is 0 Å². The van der Waals surface area contributed by atoms with E-state index in [1.807, 2.05) is 0 Å². The van der Waals surface area contributed by atoms with Gasteiger partial charge in [-0.05, 0) is 18.0 Å². The van der Waals surface area contributed by atoms with E-state index in [-0.39, 0.29) is 6.04 Å². The molecule has 0 amide bonds. The summed E-state index contributed by atoms with van der Waals surface area (Å²) in [5, 5.41) is 9.66. The van der Waals surface area contributed by atoms with Crippen molar-refractivity contribution in [3.05, 3.63) is 22.6 Å². The summed E-state index contributed by atoms with van der Waals surface area (Å²) in [6.07, 6.45) is 0.0296. The lowest BCUT2D eigenvalue weighted by Crippen LogP contribution is -2.05. The Balaban J connectivity index is 2.50. The van der Waals surface area contributed by atoms with E-state index < -0.39 is 6.10 Å². The molecule has 1 aromatic heterocycles. The summed E-state index contributed by atoms with van der Waals surface area (Å²) in [5.41, 5.74) is 6.38. The molecule has 1 aliphatic rings. The van der Waals surface area contributed by atoms with Gasteiger partial charge < -0.3 is 15.3 Å². The Kier molecular flexibility index (Phi) is 1.45. The zero-order valence-electron chi connectivity index (χ0n) is 5.75. The van der Waals surface area contributed by atoms with Crippen LogP contribution in [0.15, 0.2) is 10.5 Å². The van der Waals surface area contributed by atoms with E-state index >= 15 is 0 Å². The van der Waals surface area contributed by atoms with Crippen LogP contribution in [0.2, 0.25) is 5.22 Å². The zero-order valence-corrected chi connectivity index (χ0v) is 6.51. The third-order valence-electron chi connectivity index (χ3n) is 1.93. The van der Waals surface area contributed by atoms with Gasteiger partial charge in [0.15, 0.2) is 5.22 Å². The number of nitrogens with two attached hydrogens (primary N) is 1. The number of rotatable bonds is 0. The molecule has 0 spiro atoms. The van der Waals surface area contributed by atoms with Gasteiger partial charge in [0.05, 0.1) is 12.1 Å². The molecule has 60 valence electrons. The molecule has 1 heterocycles. The minimum Gasteiger partial charge on any atom is -0.448 e. The summed E-state index contributed by atoms with van der Waals surface area (Å²) in [6.45, 7) is 0. The Labute approximate surface area is 68.8 Å². The number of aliphatic hydroxyl groups excluding tert-OH is 1. The predicted octanol–water partition coefficient (Wildman–Crippen LogP) is 1.37. The highest BCUT2D eigenvalue weighted by Crippen LogP contribution is 2.40. The molecular weight excluding hydrogens is 166 g/mol. The molecule has 11 heavy (non-hydrogen) atoms. The first-order chi connectivity index (χ1) is 5.18. The number of furan rings is 1. The zero-order chi connectivity index (χ0) is 8.01. The number of aliphatic hydroxyl groups is 1. The van der Waals surface area contributed by atoms with E-state index in [2.05, 4.69) is 0 Å². The maximum atomic E-state index is 9.37. The van der Waals surface area contributed by atoms with E-state index in [9.17, 15) is 5.11 Å². The molecule has 1 aliphatic carbocycles. The van der Waals surface area contributed by atoms with E-state index in [1.54, 1.807) is 6.07 Å². The van der Waals surface area contributed by atoms with Crippen molar-refractivity contribution in [2.24, 2.45) is 5.73 Å². The van der Waals surface area contributed by atoms with Crippen LogP contribution in [-0.2, 0) is 0 Å². The molecule has 0 bridgehead atoms. The lowest BCUT2D eigenvalue weighted by molar-refractivity contribution is 0.173. The Morgan fingerprint density at radius 1 is 1.73 bits per heavy atom. The van der Waals surface area contributed by atoms with Gasteiger partial charge in [-0.15, -0.1) is 0 Å². The van der Waals surface area contributed by atoms with E-state index in [4.69, 9.17) is 21.8 Å². The van der Waals surface area contributed by atoms with Crippen molar-refractivity contribution in [1.29, 1.82) is 0 Å². The molecule has 0 saturated heterocycles. The molecule has 4 heteroatoms. The first-order valence-electron chi connectivity index (χ1n) is 3.41. The SMILES string of the molecule is NC1CC(O)c2cc(Cl)oc21. The minimum atomic E-state index is -0.503. The second-order valence-electron chi connectivity index (χ2n) is 2.73. The van der Waals surface area contributed by atoms with Gasteiger partial charge in [-0.1, -0.05) is 0 Å². The summed E-state index contributed by atoms with van der Waals surface area (Å²) in [6, 6.07) is 1.42. The van der Waals surface area contributed by atoms with Crippen LogP contribution >= 0.6 is 11.6 Å². The highest BCUT2D eigenvalue weighted by Gasteiger charge is 2.31. The largest absolute Gasteiger partial charge is 0.448 e. The monoisotopic (exact) mass is 173 g/mol. The van der Waals surface area contributed by atoms with Gasteiger partial charge in [0.2, 0.25) is 0 Å². The van der Waals surface area contributed by atoms with Crippen LogP contribution in [0.4, 0.5) is 0 Å². The fraction of sp³-hybridized carbons (Fsp3) is 0.429. The molecule has 0 saturated carbocycles. The van der Waals surface area contributed by atoms with Gasteiger partial charge in [-0.3, -0.25) is 0 Å². The van der Waals surface area contributed by atoms with Crippen molar-refractivity contribution < 1.29 is 9.52 Å². The second kappa shape index (κ2) is 2.24. The Morgan fingerprint density at radius 2 is 2.45 bits per heavy atom. The fourth-order valence-electron chi connectivity index (χ4n) is 1.41. The summed E-state index contributed by atoms with van der Waals surface area (Å²) < 4.78 is 5.09. The highest BCUT2D eigenvalue weighted by molar-refractivity contribution is 6.28. The first-order valence-corrected chi connectivity index (χ1v) is 3.79. The molecule has 0 fully saturated rings. The number of halogens is 1. The van der Waals surface area contributed by atoms with Gasteiger partial charge in [0.1, 0.15) is 5.76 Å². The van der Waals surface area contributed by atoms with Crippen LogP contribution in [0.1, 0.15) is 29.9 Å². The molecule has 0 aromatic carbocycles. The van der Waals surface area contributed by atoms with E-state index in [0.29, 0.717) is 17.4 Å². The normalized spacial score (nSPS) is 29.0. The lowest BCUT2D eigenvalue weighted by Gasteiger charge is -1.99. The van der Waals surface area contributed by atoms with Crippen molar-refractivity contribution in [3.63, 3.8) is 0 Å². The molecule has 2 unspecified atom stereocenters. The third-order valence-corrected chi connectivity index (χ3v) is 2.12. The quantitative estimate of drug-likeness (QED) is 0.623. The third kappa shape index (κ3) is 0.965. The standard InChI is InChI=1S/C7H8ClNO2/c8-6-1-3-5(10)2-4(9)7(3)11-6/h1,4-5,10H,2,9H2. The summed E-state index contributed by atoms with van der Waals surface area (Å²) in [7, 11) is 0. The van der Waals surface area contributed by atoms with Gasteiger partial charge in [-0.25, -0.2) is 0 Å². The van der Waals surface area contributed by atoms with E-state index in [1.165, 1.54) is 0 Å². The van der Waals surface area contributed by atoms with Crippen LogP contribution in [0.25, 0.3) is 0 Å². The van der Waals surface area contributed by atoms with Gasteiger partial charge >= 0.3 is 0 Å². The number of hydrogen-bond donors (Lipinski definition) is 2. The molecule has 0 radical (unpaired) electrons. The van der Waals surface area contributed by atoms with Crippen molar-refractivity contribution in [2.75, 3.05) is 0 Å². The van der Waals surface area contributed by atoms with Crippen LogP contribution < -0.4 is 5.73 Å². The first kappa shape index (κ1) is 7.16. The van der Waals surface area contributed by atoms with Crippen molar-refractivity contribution in [3.8, 4) is 0 Å². The van der Waals surface area contributed by atoms with Crippen LogP contribution in [-0.4, -0.2) is 5.11 Å². The highest BCUT2D eigenvalue weighted by atomic mass is 35.5. The smallest absolute Gasteiger partial charge is 0.193 e. The van der Waals surface area contributed by atoms with Crippen molar-refractivity contribution >= 4 is 11.6 Å². The average Bonchev–Trinajstić information content (AvgIpc) is 2.38. The van der Waals surface area contributed by atoms with Crippen molar-refractivity contribution in [2.45, 2.75) is 18.6 Å². The maximum Gasteiger partial charge on any atom is 0.193 e. The Morgan fingerprint density at radius 3 is 3.09 bits per heavy atom. The lowest BCUT2D eigenvalue weighted by atomic mass is 10.2. The average molecular weight is 174 g/mol. The molecule has 2 atom stereocenters. The molecule has 1 aromatic rings. The van der Waals surface area contributed by atoms with Gasteiger partial charge in [0.25, 0.3) is 0 Å². The molecule has 2 rings (SSSR count). The Hall–Kier alpha value is -0.510. The van der Waals surface area contributed by atoms with Crippen LogP contribution in [0, 0.1) is 0 Å². The number of fused-ring (bicyclic) bond motifs is 1. The van der Waals surface area contributed by atoms with Crippen LogP contribution in [0.5, 0.6) is 0 Å². The number of hydrogen-bond acceptors (Lipinski definition) is 3. The molecule has 3 N–H and O–H groups in total.